The van der Waals surface area contributed by atoms with Crippen LogP contribution in [0.5, 0.6) is 0 Å². The second-order valence-corrected chi connectivity index (χ2v) is 8.69. The van der Waals surface area contributed by atoms with Crippen LogP contribution in [-0.4, -0.2) is 42.8 Å². The van der Waals surface area contributed by atoms with Gasteiger partial charge in [-0.25, -0.2) is 4.79 Å². The van der Waals surface area contributed by atoms with Crippen LogP contribution in [0, 0.1) is 5.92 Å². The van der Waals surface area contributed by atoms with Gasteiger partial charge in [0.25, 0.3) is 0 Å². The number of piperidine rings is 3. The van der Waals surface area contributed by atoms with Crippen molar-refractivity contribution in [3.05, 3.63) is 29.6 Å². The summed E-state index contributed by atoms with van der Waals surface area (Å²) in [7, 11) is 0. The van der Waals surface area contributed by atoms with Crippen molar-refractivity contribution in [1.29, 1.82) is 0 Å². The van der Waals surface area contributed by atoms with E-state index in [1.54, 1.807) is 22.7 Å². The predicted molar refractivity (Wildman–Crippen MR) is 93.4 cm³/mol. The largest absolute Gasteiger partial charge is 0.439 e. The van der Waals surface area contributed by atoms with Crippen LogP contribution < -0.4 is 4.90 Å². The second-order valence-electron chi connectivity index (χ2n) is 6.68. The number of fused-ring (bicyclic) bond motifs is 2. The van der Waals surface area contributed by atoms with Crippen molar-refractivity contribution in [3.63, 3.8) is 0 Å². The van der Waals surface area contributed by atoms with Gasteiger partial charge in [0.15, 0.2) is 0 Å². The number of thiophene rings is 2. The molecule has 4 saturated heterocycles. The summed E-state index contributed by atoms with van der Waals surface area (Å²) in [5, 5.41) is 3.09. The summed E-state index contributed by atoms with van der Waals surface area (Å²) in [4.78, 5) is 19.3. The molecule has 120 valence electrons. The van der Waals surface area contributed by atoms with E-state index in [2.05, 4.69) is 34.5 Å². The Kier molecular flexibility index (Phi) is 3.08. The zero-order valence-electron chi connectivity index (χ0n) is 12.7. The fraction of sp³-hybridized carbons (Fsp3) is 0.471. The monoisotopic (exact) mass is 346 g/mol. The SMILES string of the molecule is O=C1OC2(CN3CCC2CC3)CN1c1ccc(-c2cccs2)s1. The van der Waals surface area contributed by atoms with Gasteiger partial charge in [-0.15, -0.1) is 22.7 Å². The summed E-state index contributed by atoms with van der Waals surface area (Å²) in [5.41, 5.74) is -0.277. The fourth-order valence-electron chi connectivity index (χ4n) is 4.20. The van der Waals surface area contributed by atoms with Crippen LogP contribution in [0.4, 0.5) is 9.80 Å². The Balaban J connectivity index is 1.43. The van der Waals surface area contributed by atoms with Gasteiger partial charge in [-0.05, 0) is 49.5 Å². The lowest BCUT2D eigenvalue weighted by atomic mass is 9.75. The number of amides is 1. The molecule has 0 N–H and O–H groups in total. The van der Waals surface area contributed by atoms with Gasteiger partial charge in [0.2, 0.25) is 0 Å². The lowest BCUT2D eigenvalue weighted by Gasteiger charge is -2.49. The molecule has 4 aliphatic rings. The molecule has 6 heterocycles. The molecule has 1 atom stereocenters. The molecule has 0 aliphatic carbocycles. The molecule has 4 fully saturated rings. The molecule has 4 aliphatic heterocycles. The van der Waals surface area contributed by atoms with Crippen molar-refractivity contribution in [2.24, 2.45) is 5.92 Å². The van der Waals surface area contributed by atoms with E-state index in [1.165, 1.54) is 9.75 Å². The highest BCUT2D eigenvalue weighted by Crippen LogP contribution is 2.45. The fourth-order valence-corrected chi connectivity index (χ4v) is 6.03. The highest BCUT2D eigenvalue weighted by molar-refractivity contribution is 7.23. The van der Waals surface area contributed by atoms with E-state index in [0.29, 0.717) is 12.5 Å². The Labute approximate surface area is 143 Å². The van der Waals surface area contributed by atoms with Crippen molar-refractivity contribution in [2.45, 2.75) is 18.4 Å². The molecule has 0 radical (unpaired) electrons. The first-order chi connectivity index (χ1) is 11.2. The number of carbonyl (C=O) groups is 1. The Hall–Kier alpha value is -1.37. The number of carbonyl (C=O) groups excluding carboxylic acids is 1. The van der Waals surface area contributed by atoms with E-state index < -0.39 is 0 Å². The minimum Gasteiger partial charge on any atom is -0.439 e. The average molecular weight is 346 g/mol. The van der Waals surface area contributed by atoms with Crippen LogP contribution in [-0.2, 0) is 4.74 Å². The average Bonchev–Trinajstić information content (AvgIpc) is 3.28. The molecule has 1 spiro atoms. The van der Waals surface area contributed by atoms with Crippen LogP contribution >= 0.6 is 22.7 Å². The highest BCUT2D eigenvalue weighted by atomic mass is 32.1. The minimum atomic E-state index is -0.277. The third-order valence-corrected chi connectivity index (χ3v) is 7.56. The summed E-state index contributed by atoms with van der Waals surface area (Å²) in [5.74, 6) is 0.526. The molecule has 6 rings (SSSR count). The van der Waals surface area contributed by atoms with Crippen LogP contribution in [0.2, 0.25) is 0 Å². The van der Waals surface area contributed by atoms with Gasteiger partial charge < -0.3 is 4.74 Å². The first-order valence-corrected chi connectivity index (χ1v) is 9.80. The smallest absolute Gasteiger partial charge is 0.415 e. The van der Waals surface area contributed by atoms with E-state index in [4.69, 9.17) is 4.74 Å². The molecule has 4 nitrogen and oxygen atoms in total. The zero-order valence-corrected chi connectivity index (χ0v) is 14.4. The van der Waals surface area contributed by atoms with E-state index in [9.17, 15) is 4.79 Å². The molecular formula is C17H18N2O2S2. The summed E-state index contributed by atoms with van der Waals surface area (Å²) in [6, 6.07) is 8.35. The summed E-state index contributed by atoms with van der Waals surface area (Å²) < 4.78 is 5.95. The maximum Gasteiger partial charge on any atom is 0.415 e. The van der Waals surface area contributed by atoms with Gasteiger partial charge in [0.05, 0.1) is 6.54 Å². The molecule has 23 heavy (non-hydrogen) atoms. The molecule has 2 aromatic heterocycles. The van der Waals surface area contributed by atoms with Gasteiger partial charge >= 0.3 is 6.09 Å². The van der Waals surface area contributed by atoms with Gasteiger partial charge in [-0.2, -0.15) is 0 Å². The Bertz CT molecular complexity index is 734. The molecular weight excluding hydrogens is 328 g/mol. The van der Waals surface area contributed by atoms with Crippen molar-refractivity contribution < 1.29 is 9.53 Å². The summed E-state index contributed by atoms with van der Waals surface area (Å²) in [6.45, 7) is 3.93. The molecule has 1 amide bonds. The standard InChI is InChI=1S/C17H18N2O2S2/c20-16-19(15-4-3-14(23-15)13-2-1-9-22-13)11-17(21-16)10-18-7-5-12(17)6-8-18/h1-4,9,12H,5-8,10-11H2. The second kappa shape index (κ2) is 5.06. The van der Waals surface area contributed by atoms with Crippen LogP contribution in [0.3, 0.4) is 0 Å². The first-order valence-electron chi connectivity index (χ1n) is 8.10. The minimum absolute atomic E-state index is 0.168. The Morgan fingerprint density at radius 3 is 2.70 bits per heavy atom. The first kappa shape index (κ1) is 14.0. The van der Waals surface area contributed by atoms with Crippen molar-refractivity contribution >= 4 is 33.8 Å². The number of rotatable bonds is 2. The number of anilines is 1. The lowest BCUT2D eigenvalue weighted by molar-refractivity contribution is -0.0881. The number of ether oxygens (including phenoxy) is 1. The Morgan fingerprint density at radius 1 is 1.13 bits per heavy atom. The third kappa shape index (κ3) is 2.16. The summed E-state index contributed by atoms with van der Waals surface area (Å²) >= 11 is 3.41. The van der Waals surface area contributed by atoms with E-state index in [0.717, 1.165) is 37.5 Å². The molecule has 0 aromatic carbocycles. The maximum atomic E-state index is 12.5. The van der Waals surface area contributed by atoms with Gasteiger partial charge in [-0.1, -0.05) is 6.07 Å². The van der Waals surface area contributed by atoms with E-state index >= 15 is 0 Å². The Morgan fingerprint density at radius 2 is 2.00 bits per heavy atom. The number of nitrogens with zero attached hydrogens (tertiary/aromatic N) is 2. The van der Waals surface area contributed by atoms with E-state index in [1.807, 2.05) is 4.90 Å². The highest BCUT2D eigenvalue weighted by Gasteiger charge is 2.55. The normalized spacial score (nSPS) is 32.7. The lowest BCUT2D eigenvalue weighted by Crippen LogP contribution is -2.61. The van der Waals surface area contributed by atoms with Crippen LogP contribution in [0.15, 0.2) is 29.6 Å². The molecule has 2 bridgehead atoms. The van der Waals surface area contributed by atoms with Gasteiger partial charge in [0, 0.05) is 22.2 Å². The van der Waals surface area contributed by atoms with Crippen LogP contribution in [0.25, 0.3) is 9.75 Å². The van der Waals surface area contributed by atoms with Crippen molar-refractivity contribution in [1.82, 2.24) is 4.90 Å². The van der Waals surface area contributed by atoms with Gasteiger partial charge in [0.1, 0.15) is 10.6 Å². The molecule has 6 heteroatoms. The van der Waals surface area contributed by atoms with Crippen molar-refractivity contribution in [3.8, 4) is 9.75 Å². The predicted octanol–water partition coefficient (Wildman–Crippen LogP) is 3.90. The van der Waals surface area contributed by atoms with Crippen LogP contribution in [0.1, 0.15) is 12.8 Å². The number of hydrogen-bond acceptors (Lipinski definition) is 5. The third-order valence-electron chi connectivity index (χ3n) is 5.38. The topological polar surface area (TPSA) is 32.8 Å². The maximum absolute atomic E-state index is 12.5. The molecule has 0 saturated carbocycles. The van der Waals surface area contributed by atoms with Gasteiger partial charge in [-0.3, -0.25) is 9.80 Å². The van der Waals surface area contributed by atoms with E-state index in [-0.39, 0.29) is 11.7 Å². The quantitative estimate of drug-likeness (QED) is 0.827. The van der Waals surface area contributed by atoms with Crippen molar-refractivity contribution in [2.75, 3.05) is 31.1 Å². The molecule has 2 aromatic rings. The number of hydrogen-bond donors (Lipinski definition) is 0. The molecule has 1 unspecified atom stereocenters. The summed E-state index contributed by atoms with van der Waals surface area (Å²) in [6.07, 6.45) is 2.15. The zero-order chi connectivity index (χ0) is 15.4.